The van der Waals surface area contributed by atoms with Crippen molar-refractivity contribution >= 4 is 17.5 Å². The summed E-state index contributed by atoms with van der Waals surface area (Å²) in [6.07, 6.45) is 1.61. The van der Waals surface area contributed by atoms with Crippen molar-refractivity contribution in [2.75, 3.05) is 0 Å². The first-order valence-corrected chi connectivity index (χ1v) is 9.83. The van der Waals surface area contributed by atoms with Gasteiger partial charge in [0.2, 0.25) is 5.82 Å². The van der Waals surface area contributed by atoms with Gasteiger partial charge in [0.25, 0.3) is 0 Å². The fraction of sp³-hybridized carbons (Fsp3) is 0.136. The maximum Gasteiger partial charge on any atom is 0.205 e. The molecule has 1 unspecified atom stereocenters. The molecular formula is C22H19N3O2S. The van der Waals surface area contributed by atoms with Gasteiger partial charge in [0.05, 0.1) is 11.5 Å². The van der Waals surface area contributed by atoms with Gasteiger partial charge in [0.15, 0.2) is 16.7 Å². The van der Waals surface area contributed by atoms with Crippen molar-refractivity contribution in [1.82, 2.24) is 14.8 Å². The standard InChI is InChI=1S/C22H19N3O2S/c1-15-10-12-17(13-11-15)20(26)16(2)28-22-24-23-21(19-9-6-14-27-19)25(22)18-7-4-3-5-8-18/h3-14,16H,1-2H3. The number of carbonyl (C=O) groups is 1. The van der Waals surface area contributed by atoms with Gasteiger partial charge in [-0.05, 0) is 38.1 Å². The molecule has 0 bridgehead atoms. The van der Waals surface area contributed by atoms with Crippen LogP contribution in [0, 0.1) is 6.92 Å². The molecule has 5 nitrogen and oxygen atoms in total. The minimum atomic E-state index is -0.307. The zero-order valence-electron chi connectivity index (χ0n) is 15.6. The smallest absolute Gasteiger partial charge is 0.205 e. The summed E-state index contributed by atoms with van der Waals surface area (Å²) in [5, 5.41) is 9.00. The van der Waals surface area contributed by atoms with Crippen LogP contribution in [-0.4, -0.2) is 25.8 Å². The third-order valence-electron chi connectivity index (χ3n) is 4.38. The van der Waals surface area contributed by atoms with Gasteiger partial charge >= 0.3 is 0 Å². The molecule has 4 rings (SSSR count). The van der Waals surface area contributed by atoms with E-state index in [0.717, 1.165) is 11.3 Å². The number of aromatic nitrogens is 3. The van der Waals surface area contributed by atoms with E-state index in [1.807, 2.05) is 85.1 Å². The lowest BCUT2D eigenvalue weighted by Gasteiger charge is -2.12. The number of carbonyl (C=O) groups excluding carboxylic acids is 1. The Balaban J connectivity index is 1.68. The van der Waals surface area contributed by atoms with Crippen LogP contribution in [-0.2, 0) is 0 Å². The molecule has 0 aliphatic heterocycles. The quantitative estimate of drug-likeness (QED) is 0.335. The molecule has 0 N–H and O–H groups in total. The third-order valence-corrected chi connectivity index (χ3v) is 5.42. The number of hydrogen-bond acceptors (Lipinski definition) is 5. The minimum Gasteiger partial charge on any atom is -0.461 e. The minimum absolute atomic E-state index is 0.0622. The number of thioether (sulfide) groups is 1. The summed E-state index contributed by atoms with van der Waals surface area (Å²) in [4.78, 5) is 12.8. The van der Waals surface area contributed by atoms with Crippen LogP contribution >= 0.6 is 11.8 Å². The van der Waals surface area contributed by atoms with Crippen molar-refractivity contribution in [1.29, 1.82) is 0 Å². The lowest BCUT2D eigenvalue weighted by Crippen LogP contribution is -2.14. The summed E-state index contributed by atoms with van der Waals surface area (Å²) in [5.41, 5.74) is 2.74. The monoisotopic (exact) mass is 389 g/mol. The summed E-state index contributed by atoms with van der Waals surface area (Å²) < 4.78 is 7.45. The van der Waals surface area contributed by atoms with Crippen molar-refractivity contribution in [2.45, 2.75) is 24.3 Å². The van der Waals surface area contributed by atoms with Crippen molar-refractivity contribution in [3.63, 3.8) is 0 Å². The van der Waals surface area contributed by atoms with E-state index in [0.29, 0.717) is 22.3 Å². The van der Waals surface area contributed by atoms with Gasteiger partial charge in [-0.3, -0.25) is 9.36 Å². The van der Waals surface area contributed by atoms with Gasteiger partial charge in [-0.2, -0.15) is 0 Å². The molecule has 0 spiro atoms. The second-order valence-corrected chi connectivity index (χ2v) is 7.75. The molecule has 2 heterocycles. The van der Waals surface area contributed by atoms with Crippen molar-refractivity contribution < 1.29 is 9.21 Å². The van der Waals surface area contributed by atoms with Crippen LogP contribution in [0.3, 0.4) is 0 Å². The van der Waals surface area contributed by atoms with E-state index >= 15 is 0 Å². The zero-order chi connectivity index (χ0) is 19.5. The Morgan fingerprint density at radius 3 is 2.43 bits per heavy atom. The van der Waals surface area contributed by atoms with Gasteiger partial charge in [0.1, 0.15) is 0 Å². The van der Waals surface area contributed by atoms with E-state index in [9.17, 15) is 4.79 Å². The normalized spacial score (nSPS) is 12.1. The van der Waals surface area contributed by atoms with Crippen LogP contribution in [0.15, 0.2) is 82.6 Å². The Labute approximate surface area is 167 Å². The largest absolute Gasteiger partial charge is 0.461 e. The Kier molecular flexibility index (Phi) is 5.12. The molecule has 0 saturated carbocycles. The summed E-state index contributed by atoms with van der Waals surface area (Å²) >= 11 is 1.39. The summed E-state index contributed by atoms with van der Waals surface area (Å²) in [7, 11) is 0. The number of aryl methyl sites for hydroxylation is 1. The van der Waals surface area contributed by atoms with Crippen LogP contribution in [0.5, 0.6) is 0 Å². The van der Waals surface area contributed by atoms with E-state index in [1.54, 1.807) is 6.26 Å². The topological polar surface area (TPSA) is 60.9 Å². The van der Waals surface area contributed by atoms with Crippen LogP contribution < -0.4 is 0 Å². The number of hydrogen-bond donors (Lipinski definition) is 0. The van der Waals surface area contributed by atoms with Crippen LogP contribution in [0.4, 0.5) is 0 Å². The second kappa shape index (κ2) is 7.86. The van der Waals surface area contributed by atoms with Gasteiger partial charge < -0.3 is 4.42 Å². The molecule has 2 aromatic heterocycles. The van der Waals surface area contributed by atoms with Crippen molar-refractivity contribution in [2.24, 2.45) is 0 Å². The molecule has 4 aromatic rings. The average molecular weight is 389 g/mol. The van der Waals surface area contributed by atoms with Crippen LogP contribution in [0.2, 0.25) is 0 Å². The van der Waals surface area contributed by atoms with E-state index in [-0.39, 0.29) is 11.0 Å². The SMILES string of the molecule is Cc1ccc(C(=O)C(C)Sc2nnc(-c3ccco3)n2-c2ccccc2)cc1. The molecule has 6 heteroatoms. The number of nitrogens with zero attached hydrogens (tertiary/aromatic N) is 3. The van der Waals surface area contributed by atoms with Crippen molar-refractivity contribution in [3.05, 3.63) is 84.1 Å². The number of benzene rings is 2. The van der Waals surface area contributed by atoms with Gasteiger partial charge in [-0.15, -0.1) is 10.2 Å². The molecule has 140 valence electrons. The Morgan fingerprint density at radius 2 is 1.75 bits per heavy atom. The molecule has 0 radical (unpaired) electrons. The Bertz CT molecular complexity index is 1070. The van der Waals surface area contributed by atoms with Gasteiger partial charge in [0, 0.05) is 11.3 Å². The Morgan fingerprint density at radius 1 is 1.00 bits per heavy atom. The summed E-state index contributed by atoms with van der Waals surface area (Å²) in [6.45, 7) is 3.90. The zero-order valence-corrected chi connectivity index (χ0v) is 16.4. The van der Waals surface area contributed by atoms with Gasteiger partial charge in [-0.1, -0.05) is 59.8 Å². The number of furan rings is 1. The first kappa shape index (κ1) is 18.3. The predicted octanol–water partition coefficient (Wildman–Crippen LogP) is 5.20. The average Bonchev–Trinajstić information content (AvgIpc) is 3.38. The highest BCUT2D eigenvalue weighted by molar-refractivity contribution is 8.00. The fourth-order valence-electron chi connectivity index (χ4n) is 2.89. The van der Waals surface area contributed by atoms with Crippen molar-refractivity contribution in [3.8, 4) is 17.3 Å². The number of rotatable bonds is 6. The first-order valence-electron chi connectivity index (χ1n) is 8.96. The predicted molar refractivity (Wildman–Crippen MR) is 110 cm³/mol. The lowest BCUT2D eigenvalue weighted by molar-refractivity contribution is 0.0994. The lowest BCUT2D eigenvalue weighted by atomic mass is 10.1. The third kappa shape index (κ3) is 3.64. The molecule has 28 heavy (non-hydrogen) atoms. The summed E-state index contributed by atoms with van der Waals surface area (Å²) in [5.74, 6) is 1.29. The number of Topliss-reactive ketones (excluding diaryl/α,β-unsaturated/α-hetero) is 1. The highest BCUT2D eigenvalue weighted by Gasteiger charge is 2.23. The fourth-order valence-corrected chi connectivity index (χ4v) is 3.83. The molecule has 0 aliphatic rings. The maximum atomic E-state index is 12.8. The molecular weight excluding hydrogens is 370 g/mol. The first-order chi connectivity index (χ1) is 13.6. The number of para-hydroxylation sites is 1. The maximum absolute atomic E-state index is 12.8. The Hall–Kier alpha value is -3.12. The molecule has 0 aliphatic carbocycles. The van der Waals surface area contributed by atoms with E-state index < -0.39 is 0 Å². The molecule has 1 atom stereocenters. The van der Waals surface area contributed by atoms with E-state index in [4.69, 9.17) is 4.42 Å². The number of ketones is 1. The second-order valence-electron chi connectivity index (χ2n) is 6.44. The highest BCUT2D eigenvalue weighted by atomic mass is 32.2. The van der Waals surface area contributed by atoms with E-state index in [1.165, 1.54) is 11.8 Å². The molecule has 0 fully saturated rings. The van der Waals surface area contributed by atoms with Crippen LogP contribution in [0.1, 0.15) is 22.8 Å². The van der Waals surface area contributed by atoms with Crippen LogP contribution in [0.25, 0.3) is 17.3 Å². The van der Waals surface area contributed by atoms with E-state index in [2.05, 4.69) is 10.2 Å². The molecule has 2 aromatic carbocycles. The highest BCUT2D eigenvalue weighted by Crippen LogP contribution is 2.31. The molecule has 0 amide bonds. The summed E-state index contributed by atoms with van der Waals surface area (Å²) in [6, 6.07) is 21.1. The van der Waals surface area contributed by atoms with Gasteiger partial charge in [-0.25, -0.2) is 0 Å². The molecule has 0 saturated heterocycles.